The molecule has 7 aromatic rings. The summed E-state index contributed by atoms with van der Waals surface area (Å²) in [6, 6.07) is 53.1. The van der Waals surface area contributed by atoms with Crippen molar-refractivity contribution in [3.05, 3.63) is 178 Å². The first kappa shape index (κ1) is 52.4. The van der Waals surface area contributed by atoms with Crippen molar-refractivity contribution in [1.29, 1.82) is 0 Å². The van der Waals surface area contributed by atoms with Crippen molar-refractivity contribution in [2.75, 3.05) is 0 Å². The van der Waals surface area contributed by atoms with Gasteiger partial charge in [0, 0.05) is 0 Å². The van der Waals surface area contributed by atoms with Crippen molar-refractivity contribution < 1.29 is 0 Å². The lowest BCUT2D eigenvalue weighted by Gasteiger charge is -2.22. The molecule has 0 amide bonds. The van der Waals surface area contributed by atoms with Gasteiger partial charge in [-0.25, -0.2) is 0 Å². The zero-order valence-corrected chi connectivity index (χ0v) is 44.8. The van der Waals surface area contributed by atoms with Crippen LogP contribution in [0, 0.1) is 27.7 Å². The van der Waals surface area contributed by atoms with Crippen LogP contribution < -0.4 is 0 Å². The van der Waals surface area contributed by atoms with Crippen LogP contribution in [0.15, 0.2) is 133 Å². The third-order valence-electron chi connectivity index (χ3n) is 15.1. The second-order valence-electron chi connectivity index (χ2n) is 21.0. The molecule has 0 nitrogen and oxygen atoms in total. The Hall–Kier alpha value is -5.46. The summed E-state index contributed by atoms with van der Waals surface area (Å²) in [5.74, 6) is 0. The monoisotopic (exact) mass is 927 g/mol. The van der Waals surface area contributed by atoms with E-state index >= 15 is 0 Å². The number of unbranched alkanes of at least 4 members (excludes halogenated alkanes) is 12. The van der Waals surface area contributed by atoms with Gasteiger partial charge in [-0.05, 0) is 203 Å². The third kappa shape index (κ3) is 13.9. The normalized spacial score (nSPS) is 11.4. The lowest BCUT2D eigenvalue weighted by Crippen LogP contribution is -2.00. The quantitative estimate of drug-likeness (QED) is 0.0475. The van der Waals surface area contributed by atoms with E-state index < -0.39 is 0 Å². The molecule has 0 aromatic heterocycles. The molecule has 0 heteroatoms. The Bertz CT molecular complexity index is 2500. The maximum atomic E-state index is 2.56. The Morgan fingerprint density at radius 2 is 0.529 bits per heavy atom. The molecular formula is C70H86. The molecule has 7 aromatic carbocycles. The molecule has 0 N–H and O–H groups in total. The molecule has 0 atom stereocenters. The van der Waals surface area contributed by atoms with Gasteiger partial charge in [0.2, 0.25) is 0 Å². The van der Waals surface area contributed by atoms with E-state index in [1.165, 1.54) is 214 Å². The molecule has 366 valence electrons. The van der Waals surface area contributed by atoms with Gasteiger partial charge in [-0.1, -0.05) is 225 Å². The number of rotatable bonds is 26. The highest BCUT2D eigenvalue weighted by molar-refractivity contribution is 5.91. The van der Waals surface area contributed by atoms with Gasteiger partial charge < -0.3 is 0 Å². The second kappa shape index (κ2) is 26.7. The first-order valence-electron chi connectivity index (χ1n) is 28.0. The molecule has 0 radical (unpaired) electrons. The summed E-state index contributed by atoms with van der Waals surface area (Å²) in [6.07, 6.45) is 24.8. The third-order valence-corrected chi connectivity index (χ3v) is 15.1. The van der Waals surface area contributed by atoms with Crippen molar-refractivity contribution in [3.8, 4) is 66.8 Å². The summed E-state index contributed by atoms with van der Waals surface area (Å²) < 4.78 is 0. The first-order valence-corrected chi connectivity index (χ1v) is 28.0. The van der Waals surface area contributed by atoms with Crippen LogP contribution in [-0.4, -0.2) is 0 Å². The second-order valence-corrected chi connectivity index (χ2v) is 21.0. The first-order chi connectivity index (χ1) is 34.2. The van der Waals surface area contributed by atoms with Gasteiger partial charge in [0.05, 0.1) is 0 Å². The molecule has 0 fully saturated rings. The number of hydrogen-bond donors (Lipinski definition) is 0. The van der Waals surface area contributed by atoms with Gasteiger partial charge in [0.1, 0.15) is 0 Å². The van der Waals surface area contributed by atoms with E-state index in [0.717, 1.165) is 25.7 Å². The Balaban J connectivity index is 1.42. The molecule has 7 rings (SSSR count). The standard InChI is InChI=1S/C70H86/c1-9-13-17-21-25-55-33-41-59(42-34-55)69-49-61(47-67(57-37-29-51(5)30-38-57)63(69)27-23-19-15-11-3)65-45-53(7)46-66(54(65)8)62-48-68(58-39-31-52(6)32-40-58)64(28-24-20-16-12-4)70(50-62)60-43-35-56(36-44-60)26-22-18-14-10-2/h29-50H,9-28H2,1-8H3. The molecule has 0 aliphatic heterocycles. The van der Waals surface area contributed by atoms with Crippen LogP contribution in [0.2, 0.25) is 0 Å². The Labute approximate surface area is 426 Å². The summed E-state index contributed by atoms with van der Waals surface area (Å²) in [6.45, 7) is 18.3. The average Bonchev–Trinajstić information content (AvgIpc) is 3.38. The van der Waals surface area contributed by atoms with E-state index in [4.69, 9.17) is 0 Å². The molecule has 0 bridgehead atoms. The highest BCUT2D eigenvalue weighted by atomic mass is 14.2. The molecule has 0 saturated carbocycles. The van der Waals surface area contributed by atoms with E-state index in [9.17, 15) is 0 Å². The van der Waals surface area contributed by atoms with Crippen LogP contribution in [0.5, 0.6) is 0 Å². The average molecular weight is 927 g/mol. The molecule has 0 aliphatic rings. The molecule has 0 heterocycles. The molecule has 0 aliphatic carbocycles. The lowest BCUT2D eigenvalue weighted by atomic mass is 9.82. The van der Waals surface area contributed by atoms with Crippen LogP contribution in [-0.2, 0) is 25.7 Å². The zero-order chi connectivity index (χ0) is 49.2. The maximum absolute atomic E-state index is 2.56. The largest absolute Gasteiger partial charge is 0.0654 e. The van der Waals surface area contributed by atoms with E-state index in [1.807, 2.05) is 0 Å². The maximum Gasteiger partial charge on any atom is -0.0140 e. The molecule has 0 unspecified atom stereocenters. The summed E-state index contributed by atoms with van der Waals surface area (Å²) in [4.78, 5) is 0. The lowest BCUT2D eigenvalue weighted by molar-refractivity contribution is 0.667. The summed E-state index contributed by atoms with van der Waals surface area (Å²) in [5, 5.41) is 0. The Morgan fingerprint density at radius 3 is 0.829 bits per heavy atom. The van der Waals surface area contributed by atoms with E-state index in [2.05, 4.69) is 189 Å². The summed E-state index contributed by atoms with van der Waals surface area (Å²) in [5.41, 5.74) is 27.2. The van der Waals surface area contributed by atoms with Gasteiger partial charge in [0.15, 0.2) is 0 Å². The molecule has 70 heavy (non-hydrogen) atoms. The Kier molecular flexibility index (Phi) is 19.9. The predicted octanol–water partition coefficient (Wildman–Crippen LogP) is 21.4. The summed E-state index contributed by atoms with van der Waals surface area (Å²) >= 11 is 0. The predicted molar refractivity (Wildman–Crippen MR) is 309 cm³/mol. The van der Waals surface area contributed by atoms with Crippen molar-refractivity contribution in [2.45, 2.75) is 184 Å². The van der Waals surface area contributed by atoms with E-state index in [1.54, 1.807) is 0 Å². The highest BCUT2D eigenvalue weighted by Gasteiger charge is 2.21. The number of hydrogen-bond acceptors (Lipinski definition) is 0. The molecule has 0 spiro atoms. The van der Waals surface area contributed by atoms with Crippen LogP contribution >= 0.6 is 0 Å². The zero-order valence-electron chi connectivity index (χ0n) is 44.8. The highest BCUT2D eigenvalue weighted by Crippen LogP contribution is 2.44. The molecular weight excluding hydrogens is 841 g/mol. The van der Waals surface area contributed by atoms with Crippen LogP contribution in [0.3, 0.4) is 0 Å². The smallest absolute Gasteiger partial charge is 0.0140 e. The molecule has 0 saturated heterocycles. The fraction of sp³-hybridized carbons (Fsp3) is 0.400. The fourth-order valence-corrected chi connectivity index (χ4v) is 10.8. The van der Waals surface area contributed by atoms with Crippen molar-refractivity contribution in [1.82, 2.24) is 0 Å². The van der Waals surface area contributed by atoms with Gasteiger partial charge >= 0.3 is 0 Å². The number of benzene rings is 7. The SMILES string of the molecule is CCCCCCc1ccc(-c2cc(-c3cc(C)cc(-c4cc(-c5ccc(C)cc5)c(CCCCCC)c(-c5ccc(CCCCCC)cc5)c4)c3C)cc(-c3ccc(C)cc3)c2CCCCCC)cc1. The van der Waals surface area contributed by atoms with Crippen molar-refractivity contribution in [2.24, 2.45) is 0 Å². The van der Waals surface area contributed by atoms with Gasteiger partial charge in [-0.3, -0.25) is 0 Å². The van der Waals surface area contributed by atoms with E-state index in [0.29, 0.717) is 0 Å². The van der Waals surface area contributed by atoms with Gasteiger partial charge in [-0.2, -0.15) is 0 Å². The van der Waals surface area contributed by atoms with Gasteiger partial charge in [-0.15, -0.1) is 0 Å². The van der Waals surface area contributed by atoms with Crippen molar-refractivity contribution >= 4 is 0 Å². The van der Waals surface area contributed by atoms with Crippen LogP contribution in [0.1, 0.15) is 175 Å². The minimum atomic E-state index is 1.07. The van der Waals surface area contributed by atoms with Crippen LogP contribution in [0.25, 0.3) is 66.8 Å². The minimum Gasteiger partial charge on any atom is -0.0654 e. The van der Waals surface area contributed by atoms with Crippen molar-refractivity contribution in [3.63, 3.8) is 0 Å². The number of aryl methyl sites for hydroxylation is 5. The summed E-state index contributed by atoms with van der Waals surface area (Å²) in [7, 11) is 0. The minimum absolute atomic E-state index is 1.07. The van der Waals surface area contributed by atoms with E-state index in [-0.39, 0.29) is 0 Å². The van der Waals surface area contributed by atoms with Gasteiger partial charge in [0.25, 0.3) is 0 Å². The Morgan fingerprint density at radius 1 is 0.243 bits per heavy atom. The van der Waals surface area contributed by atoms with Crippen LogP contribution in [0.4, 0.5) is 0 Å². The topological polar surface area (TPSA) is 0 Å². The fourth-order valence-electron chi connectivity index (χ4n) is 10.8.